The van der Waals surface area contributed by atoms with Crippen LogP contribution in [0.25, 0.3) is 5.78 Å². The molecule has 1 N–H and O–H groups in total. The quantitative estimate of drug-likeness (QED) is 0.652. The zero-order valence-electron chi connectivity index (χ0n) is 13.5. The summed E-state index contributed by atoms with van der Waals surface area (Å²) in [5, 5.41) is -0.600. The minimum absolute atomic E-state index is 0.0547. The molecule has 13 heteroatoms. The molecule has 0 bridgehead atoms. The zero-order chi connectivity index (χ0) is 20.7. The highest BCUT2D eigenvalue weighted by molar-refractivity contribution is 7.89. The van der Waals surface area contributed by atoms with E-state index in [1.54, 1.807) is 0 Å². The Balaban J connectivity index is 1.99. The van der Waals surface area contributed by atoms with Crippen LogP contribution in [0.4, 0.5) is 26.3 Å². The Morgan fingerprint density at radius 1 is 1.00 bits per heavy atom. The summed E-state index contributed by atoms with van der Waals surface area (Å²) in [6.45, 7) is 0. The Morgan fingerprint density at radius 2 is 1.64 bits per heavy atom. The molecule has 0 fully saturated rings. The largest absolute Gasteiger partial charge is 0.416 e. The monoisotopic (exact) mass is 424 g/mol. The van der Waals surface area contributed by atoms with Crippen LogP contribution in [0.1, 0.15) is 17.2 Å². The highest BCUT2D eigenvalue weighted by Gasteiger charge is 2.44. The van der Waals surface area contributed by atoms with Gasteiger partial charge >= 0.3 is 12.4 Å². The second kappa shape index (κ2) is 6.74. The van der Waals surface area contributed by atoms with Gasteiger partial charge < -0.3 is 0 Å². The molecular weight excluding hydrogens is 414 g/mol. The molecule has 0 spiro atoms. The van der Waals surface area contributed by atoms with Gasteiger partial charge in [0.1, 0.15) is 6.04 Å². The van der Waals surface area contributed by atoms with Crippen LogP contribution in [-0.4, -0.2) is 29.0 Å². The molecular formula is C15H10F6N4O2S. The third-order valence-corrected chi connectivity index (χ3v) is 5.10. The summed E-state index contributed by atoms with van der Waals surface area (Å²) in [6, 6.07) is 0.618. The fourth-order valence-corrected chi connectivity index (χ4v) is 3.70. The van der Waals surface area contributed by atoms with E-state index >= 15 is 0 Å². The number of imidazole rings is 1. The summed E-state index contributed by atoms with van der Waals surface area (Å²) in [7, 11) is -4.74. The van der Waals surface area contributed by atoms with Gasteiger partial charge in [-0.15, -0.1) is 0 Å². The van der Waals surface area contributed by atoms with Gasteiger partial charge in [0.05, 0.1) is 11.8 Å². The standard InChI is InChI=1S/C15H10F6N4O2S/c16-14(17,18)10-4-2-9(3-5-10)12(15(19,20)21)24-28(26,27)11-8-23-13-22-6-1-7-25(11)13/h1-8,12,24H. The average Bonchev–Trinajstić information content (AvgIpc) is 3.03. The highest BCUT2D eigenvalue weighted by Crippen LogP contribution is 2.36. The first-order valence-electron chi connectivity index (χ1n) is 7.44. The van der Waals surface area contributed by atoms with Crippen molar-refractivity contribution < 1.29 is 34.8 Å². The van der Waals surface area contributed by atoms with E-state index in [9.17, 15) is 34.8 Å². The molecule has 1 atom stereocenters. The van der Waals surface area contributed by atoms with E-state index in [0.29, 0.717) is 24.3 Å². The molecule has 3 rings (SSSR count). The predicted molar refractivity (Wildman–Crippen MR) is 83.5 cm³/mol. The molecule has 0 saturated heterocycles. The van der Waals surface area contributed by atoms with Crippen molar-refractivity contribution in [3.63, 3.8) is 0 Å². The lowest BCUT2D eigenvalue weighted by atomic mass is 10.1. The maximum Gasteiger partial charge on any atom is 0.416 e. The molecule has 0 saturated carbocycles. The van der Waals surface area contributed by atoms with Gasteiger partial charge in [-0.05, 0) is 23.8 Å². The molecule has 28 heavy (non-hydrogen) atoms. The number of halogens is 6. The van der Waals surface area contributed by atoms with Crippen LogP contribution in [0.5, 0.6) is 0 Å². The summed E-state index contributed by atoms with van der Waals surface area (Å²) < 4.78 is 106. The number of benzene rings is 1. The molecule has 150 valence electrons. The molecule has 2 heterocycles. The van der Waals surface area contributed by atoms with Gasteiger partial charge in [0.25, 0.3) is 10.0 Å². The molecule has 0 aliphatic rings. The Hall–Kier alpha value is -2.67. The van der Waals surface area contributed by atoms with Crippen molar-refractivity contribution in [1.82, 2.24) is 19.1 Å². The predicted octanol–water partition coefficient (Wildman–Crippen LogP) is 3.33. The summed E-state index contributed by atoms with van der Waals surface area (Å²) in [4.78, 5) is 7.46. The molecule has 0 amide bonds. The molecule has 1 aromatic carbocycles. The van der Waals surface area contributed by atoms with Gasteiger partial charge in [-0.25, -0.2) is 18.4 Å². The molecule has 3 aromatic rings. The molecule has 2 aromatic heterocycles. The van der Waals surface area contributed by atoms with E-state index < -0.39 is 44.6 Å². The number of rotatable bonds is 4. The summed E-state index contributed by atoms with van der Waals surface area (Å²) in [5.74, 6) is -0.0547. The van der Waals surface area contributed by atoms with Crippen molar-refractivity contribution in [3.05, 3.63) is 60.0 Å². The SMILES string of the molecule is O=S(=O)(NC(c1ccc(C(F)(F)F)cc1)C(F)(F)F)c1cnc2ncccn12. The number of alkyl halides is 6. The van der Waals surface area contributed by atoms with Crippen LogP contribution in [0.2, 0.25) is 0 Å². The number of nitrogens with zero attached hydrogens (tertiary/aromatic N) is 3. The first kappa shape index (κ1) is 20.1. The lowest BCUT2D eigenvalue weighted by Crippen LogP contribution is -2.38. The van der Waals surface area contributed by atoms with E-state index in [-0.39, 0.29) is 5.78 Å². The maximum absolute atomic E-state index is 13.4. The second-order valence-corrected chi connectivity index (χ2v) is 7.26. The average molecular weight is 424 g/mol. The van der Waals surface area contributed by atoms with Gasteiger partial charge in [0.15, 0.2) is 5.03 Å². The third kappa shape index (κ3) is 3.94. The van der Waals surface area contributed by atoms with E-state index in [2.05, 4.69) is 9.97 Å². The zero-order valence-corrected chi connectivity index (χ0v) is 14.3. The number of aromatic nitrogens is 3. The van der Waals surface area contributed by atoms with E-state index in [1.165, 1.54) is 23.2 Å². The number of fused-ring (bicyclic) bond motifs is 1. The number of nitrogens with one attached hydrogen (secondary N) is 1. The molecule has 1 unspecified atom stereocenters. The van der Waals surface area contributed by atoms with E-state index in [0.717, 1.165) is 10.6 Å². The van der Waals surface area contributed by atoms with E-state index in [1.807, 2.05) is 0 Å². The number of hydrogen-bond donors (Lipinski definition) is 1. The Morgan fingerprint density at radius 3 is 2.21 bits per heavy atom. The van der Waals surface area contributed by atoms with Gasteiger partial charge in [-0.3, -0.25) is 4.40 Å². The smallest absolute Gasteiger partial charge is 0.273 e. The first-order valence-corrected chi connectivity index (χ1v) is 8.92. The highest BCUT2D eigenvalue weighted by atomic mass is 32.2. The Labute approximate surface area is 153 Å². The maximum atomic E-state index is 13.4. The second-order valence-electron chi connectivity index (χ2n) is 5.60. The molecule has 0 aliphatic heterocycles. The van der Waals surface area contributed by atoms with Crippen molar-refractivity contribution >= 4 is 15.8 Å². The van der Waals surface area contributed by atoms with Crippen molar-refractivity contribution in [1.29, 1.82) is 0 Å². The topological polar surface area (TPSA) is 76.4 Å². The lowest BCUT2D eigenvalue weighted by molar-refractivity contribution is -0.153. The van der Waals surface area contributed by atoms with Crippen molar-refractivity contribution in [3.8, 4) is 0 Å². The van der Waals surface area contributed by atoms with Gasteiger partial charge in [-0.2, -0.15) is 31.1 Å². The van der Waals surface area contributed by atoms with Crippen LogP contribution in [0.15, 0.2) is 53.9 Å². The summed E-state index contributed by atoms with van der Waals surface area (Å²) in [5.41, 5.74) is -1.86. The minimum Gasteiger partial charge on any atom is -0.273 e. The fourth-order valence-electron chi connectivity index (χ4n) is 2.41. The van der Waals surface area contributed by atoms with Crippen LogP contribution in [0, 0.1) is 0 Å². The van der Waals surface area contributed by atoms with Crippen LogP contribution >= 0.6 is 0 Å². The van der Waals surface area contributed by atoms with Crippen molar-refractivity contribution in [2.75, 3.05) is 0 Å². The van der Waals surface area contributed by atoms with Gasteiger partial charge in [0.2, 0.25) is 5.78 Å². The third-order valence-electron chi connectivity index (χ3n) is 3.70. The van der Waals surface area contributed by atoms with Gasteiger partial charge in [0, 0.05) is 12.4 Å². The lowest BCUT2D eigenvalue weighted by Gasteiger charge is -2.22. The van der Waals surface area contributed by atoms with Crippen LogP contribution in [-0.2, 0) is 16.2 Å². The normalized spacial score (nSPS) is 14.4. The molecule has 0 aliphatic carbocycles. The Bertz CT molecular complexity index is 1090. The summed E-state index contributed by atoms with van der Waals surface area (Å²) in [6.07, 6.45) is -6.47. The first-order chi connectivity index (χ1) is 12.9. The van der Waals surface area contributed by atoms with Gasteiger partial charge in [-0.1, -0.05) is 12.1 Å². The fraction of sp³-hybridized carbons (Fsp3) is 0.200. The minimum atomic E-state index is -5.11. The Kier molecular flexibility index (Phi) is 4.83. The van der Waals surface area contributed by atoms with Crippen molar-refractivity contribution in [2.45, 2.75) is 23.4 Å². The van der Waals surface area contributed by atoms with Crippen molar-refractivity contribution in [2.24, 2.45) is 0 Å². The van der Waals surface area contributed by atoms with Crippen LogP contribution in [0.3, 0.4) is 0 Å². The van der Waals surface area contributed by atoms with E-state index in [4.69, 9.17) is 0 Å². The van der Waals surface area contributed by atoms with Crippen LogP contribution < -0.4 is 4.72 Å². The number of hydrogen-bond acceptors (Lipinski definition) is 4. The molecule has 6 nitrogen and oxygen atoms in total. The summed E-state index contributed by atoms with van der Waals surface area (Å²) >= 11 is 0. The molecule has 0 radical (unpaired) electrons. The number of sulfonamides is 1.